The van der Waals surface area contributed by atoms with E-state index in [1.807, 2.05) is 62.0 Å². The number of anilines is 1. The molecule has 1 aromatic heterocycles. The minimum absolute atomic E-state index is 0.0269. The van der Waals surface area contributed by atoms with E-state index in [1.54, 1.807) is 36.5 Å². The van der Waals surface area contributed by atoms with Crippen LogP contribution in [0.5, 0.6) is 0 Å². The summed E-state index contributed by atoms with van der Waals surface area (Å²) in [5, 5.41) is 2.82. The van der Waals surface area contributed by atoms with Gasteiger partial charge in [-0.05, 0) is 84.5 Å². The summed E-state index contributed by atoms with van der Waals surface area (Å²) in [6.07, 6.45) is 9.13. The van der Waals surface area contributed by atoms with E-state index < -0.39 is 0 Å². The molecule has 3 rings (SSSR count). The van der Waals surface area contributed by atoms with Crippen LogP contribution in [-0.4, -0.2) is 65.5 Å². The molecule has 1 N–H and O–H groups in total. The Morgan fingerprint density at radius 3 is 2.45 bits per heavy atom. The lowest BCUT2D eigenvalue weighted by atomic mass is 10.00. The van der Waals surface area contributed by atoms with Gasteiger partial charge in [0.1, 0.15) is 5.82 Å². The number of carbonyl (C=O) groups excluding carboxylic acids is 2. The first-order valence-corrected chi connectivity index (χ1v) is 13.0. The van der Waals surface area contributed by atoms with Gasteiger partial charge in [-0.25, -0.2) is 4.98 Å². The van der Waals surface area contributed by atoms with Crippen molar-refractivity contribution >= 4 is 29.0 Å². The summed E-state index contributed by atoms with van der Waals surface area (Å²) in [7, 11) is 3.96. The summed E-state index contributed by atoms with van der Waals surface area (Å²) < 4.78 is 0. The average molecular weight is 514 g/mol. The maximum atomic E-state index is 12.9. The van der Waals surface area contributed by atoms with E-state index in [9.17, 15) is 9.59 Å². The topological polar surface area (TPSA) is 77.9 Å². The third-order valence-corrected chi connectivity index (χ3v) is 6.74. The highest BCUT2D eigenvalue weighted by Crippen LogP contribution is 2.28. The number of amides is 2. The zero-order valence-electron chi connectivity index (χ0n) is 23.4. The van der Waals surface area contributed by atoms with E-state index in [0.29, 0.717) is 11.4 Å². The van der Waals surface area contributed by atoms with E-state index in [1.165, 1.54) is 0 Å². The predicted octanol–water partition coefficient (Wildman–Crippen LogP) is 5.60. The number of likely N-dealkylation sites (N-methyl/N-ethyl adjacent to an activating group) is 1. The van der Waals surface area contributed by atoms with Crippen molar-refractivity contribution in [3.63, 3.8) is 0 Å². The number of allylic oxidation sites excluding steroid dienone is 3. The zero-order valence-corrected chi connectivity index (χ0v) is 23.4. The van der Waals surface area contributed by atoms with Crippen molar-refractivity contribution in [2.45, 2.75) is 46.6 Å². The van der Waals surface area contributed by atoms with Crippen molar-refractivity contribution in [2.24, 2.45) is 4.99 Å². The number of carbonyl (C=O) groups is 2. The fraction of sp³-hybridized carbons (Fsp3) is 0.355. The van der Waals surface area contributed by atoms with Crippen molar-refractivity contribution in [3.8, 4) is 0 Å². The number of rotatable bonds is 9. The molecule has 7 heteroatoms. The molecule has 2 heterocycles. The van der Waals surface area contributed by atoms with E-state index in [0.717, 1.165) is 54.0 Å². The minimum Gasteiger partial charge on any atom is -0.331 e. The second-order valence-corrected chi connectivity index (χ2v) is 9.80. The second-order valence-electron chi connectivity index (χ2n) is 9.80. The van der Waals surface area contributed by atoms with Crippen LogP contribution < -0.4 is 5.32 Å². The van der Waals surface area contributed by atoms with Crippen molar-refractivity contribution < 1.29 is 9.59 Å². The number of aromatic nitrogens is 1. The number of aliphatic imine (C=N–C) groups is 1. The van der Waals surface area contributed by atoms with Crippen LogP contribution >= 0.6 is 0 Å². The summed E-state index contributed by atoms with van der Waals surface area (Å²) in [5.41, 5.74) is 5.39. The molecule has 0 unspecified atom stereocenters. The second kappa shape index (κ2) is 13.6. The van der Waals surface area contributed by atoms with Crippen LogP contribution in [0.3, 0.4) is 0 Å². The van der Waals surface area contributed by atoms with Gasteiger partial charge in [-0.1, -0.05) is 35.9 Å². The lowest BCUT2D eigenvalue weighted by Gasteiger charge is -2.24. The number of likely N-dealkylation sites (tertiary alicyclic amines) is 1. The Labute approximate surface area is 226 Å². The average Bonchev–Trinajstić information content (AvgIpc) is 3.41. The molecule has 0 saturated carbocycles. The Morgan fingerprint density at radius 1 is 1.11 bits per heavy atom. The molecule has 2 amide bonds. The first-order chi connectivity index (χ1) is 18.2. The van der Waals surface area contributed by atoms with E-state index in [2.05, 4.69) is 30.2 Å². The molecule has 0 spiro atoms. The number of nitrogens with one attached hydrogen (secondary N) is 1. The number of pyridine rings is 1. The zero-order chi connectivity index (χ0) is 27.7. The molecule has 1 fully saturated rings. The first-order valence-electron chi connectivity index (χ1n) is 13.0. The SMILES string of the molecule is C/C=C(C)\C(C)=C(\N=C(C)[C@@H]1CCCN1C(=O)/C=C/CN(C)C)c1ccc(C(=O)Nc2ccccn2)cc1. The molecule has 1 aromatic carbocycles. The van der Waals surface area contributed by atoms with Crippen LogP contribution in [0.2, 0.25) is 0 Å². The molecule has 2 aromatic rings. The molecule has 7 nitrogen and oxygen atoms in total. The Kier molecular flexibility index (Phi) is 10.3. The lowest BCUT2D eigenvalue weighted by Crippen LogP contribution is -2.38. The minimum atomic E-state index is -0.218. The van der Waals surface area contributed by atoms with E-state index >= 15 is 0 Å². The van der Waals surface area contributed by atoms with Gasteiger partial charge in [0.15, 0.2) is 0 Å². The summed E-state index contributed by atoms with van der Waals surface area (Å²) in [6.45, 7) is 9.60. The summed E-state index contributed by atoms with van der Waals surface area (Å²) in [4.78, 5) is 38.8. The molecular formula is C31H39N5O2. The number of benzene rings is 1. The van der Waals surface area contributed by atoms with Gasteiger partial charge in [0.05, 0.1) is 11.7 Å². The molecular weight excluding hydrogens is 474 g/mol. The van der Waals surface area contributed by atoms with Gasteiger partial charge in [-0.3, -0.25) is 14.6 Å². The highest BCUT2D eigenvalue weighted by Gasteiger charge is 2.30. The first kappa shape index (κ1) is 28.7. The Balaban J connectivity index is 1.88. The Morgan fingerprint density at radius 2 is 1.82 bits per heavy atom. The Hall–Kier alpha value is -3.84. The molecule has 0 bridgehead atoms. The number of nitrogens with zero attached hydrogens (tertiary/aromatic N) is 4. The molecule has 200 valence electrons. The third kappa shape index (κ3) is 7.59. The van der Waals surface area contributed by atoms with E-state index in [-0.39, 0.29) is 17.9 Å². The monoisotopic (exact) mass is 513 g/mol. The summed E-state index contributed by atoms with van der Waals surface area (Å²) in [5.74, 6) is 0.317. The van der Waals surface area contributed by atoms with Crippen LogP contribution in [0.4, 0.5) is 5.82 Å². The Bertz CT molecular complexity index is 1240. The lowest BCUT2D eigenvalue weighted by molar-refractivity contribution is -0.125. The summed E-state index contributed by atoms with van der Waals surface area (Å²) >= 11 is 0. The number of hydrogen-bond acceptors (Lipinski definition) is 5. The van der Waals surface area contributed by atoms with Gasteiger partial charge in [-0.15, -0.1) is 0 Å². The standard InChI is InChI=1S/C31H39N5O2/c1-7-22(2)23(3)30(25-15-17-26(18-16-25)31(38)34-28-13-8-9-19-32-28)33-24(4)27-12-10-21-36(27)29(37)14-11-20-35(5)6/h7-9,11,13-19,27H,10,12,20-21H2,1-6H3,(H,32,34,38)/b14-11+,22-7-,30-23+,33-24?/t27-/m0/s1. The van der Waals surface area contributed by atoms with Crippen molar-refractivity contribution in [1.82, 2.24) is 14.8 Å². The smallest absolute Gasteiger partial charge is 0.256 e. The molecule has 0 radical (unpaired) electrons. The number of hydrogen-bond donors (Lipinski definition) is 1. The van der Waals surface area contributed by atoms with Crippen LogP contribution in [0, 0.1) is 0 Å². The fourth-order valence-electron chi connectivity index (χ4n) is 4.35. The molecule has 38 heavy (non-hydrogen) atoms. The highest BCUT2D eigenvalue weighted by atomic mass is 16.2. The van der Waals surface area contributed by atoms with Gasteiger partial charge in [0, 0.05) is 42.2 Å². The van der Waals surface area contributed by atoms with Crippen LogP contribution in [-0.2, 0) is 4.79 Å². The van der Waals surface area contributed by atoms with Gasteiger partial charge >= 0.3 is 0 Å². The van der Waals surface area contributed by atoms with Crippen LogP contribution in [0.1, 0.15) is 56.5 Å². The quantitative estimate of drug-likeness (QED) is 0.269. The van der Waals surface area contributed by atoms with Gasteiger partial charge < -0.3 is 15.1 Å². The largest absolute Gasteiger partial charge is 0.331 e. The predicted molar refractivity (Wildman–Crippen MR) is 156 cm³/mol. The van der Waals surface area contributed by atoms with Crippen molar-refractivity contribution in [3.05, 3.63) is 89.2 Å². The van der Waals surface area contributed by atoms with Gasteiger partial charge in [0.25, 0.3) is 5.91 Å². The van der Waals surface area contributed by atoms with E-state index in [4.69, 9.17) is 4.99 Å². The maximum Gasteiger partial charge on any atom is 0.256 e. The fourth-order valence-corrected chi connectivity index (χ4v) is 4.35. The molecule has 1 saturated heterocycles. The van der Waals surface area contributed by atoms with Crippen molar-refractivity contribution in [1.29, 1.82) is 0 Å². The molecule has 1 atom stereocenters. The van der Waals surface area contributed by atoms with Gasteiger partial charge in [0.2, 0.25) is 5.91 Å². The van der Waals surface area contributed by atoms with Gasteiger partial charge in [-0.2, -0.15) is 0 Å². The molecule has 1 aliphatic heterocycles. The van der Waals surface area contributed by atoms with Crippen molar-refractivity contribution in [2.75, 3.05) is 32.5 Å². The normalized spacial score (nSPS) is 17.2. The highest BCUT2D eigenvalue weighted by molar-refractivity contribution is 6.04. The third-order valence-electron chi connectivity index (χ3n) is 6.74. The molecule has 1 aliphatic rings. The molecule has 0 aliphatic carbocycles. The van der Waals surface area contributed by atoms with Crippen LogP contribution in [0.25, 0.3) is 5.70 Å². The maximum absolute atomic E-state index is 12.9. The summed E-state index contributed by atoms with van der Waals surface area (Å²) in [6, 6.07) is 12.8. The van der Waals surface area contributed by atoms with Crippen LogP contribution in [0.15, 0.2) is 83.0 Å².